The number of methoxy groups -OCH3 is 2. The molecule has 2 heterocycles. The Morgan fingerprint density at radius 2 is 0.956 bits per heavy atom. The molecule has 0 amide bonds. The van der Waals surface area contributed by atoms with E-state index in [-0.39, 0.29) is 10.8 Å². The number of fused-ring (bicyclic) bond motifs is 2. The molecule has 0 aliphatic carbocycles. The Kier molecular flexibility index (Phi) is 30.5. The van der Waals surface area contributed by atoms with Crippen molar-refractivity contribution in [2.75, 3.05) is 171 Å². The molecule has 0 saturated carbocycles. The Bertz CT molecular complexity index is 1770. The second-order valence-corrected chi connectivity index (χ2v) is 22.1. The van der Waals surface area contributed by atoms with E-state index in [2.05, 4.69) is 97.3 Å². The summed E-state index contributed by atoms with van der Waals surface area (Å²) in [5, 5.41) is 0. The molecule has 14 heteroatoms. The molecular weight excluding hydrogens is 981 g/mol. The minimum atomic E-state index is -1.81. The van der Waals surface area contributed by atoms with Crippen LogP contribution in [0.1, 0.15) is 58.1 Å². The molecule has 2 aliphatic rings. The number of hydrogen-bond donors (Lipinski definition) is 0. The zero-order chi connectivity index (χ0) is 48.4. The number of benzene rings is 2. The molecule has 0 bridgehead atoms. The van der Waals surface area contributed by atoms with Crippen LogP contribution in [-0.2, 0) is 67.7 Å². The molecular formula is C54H85INO12+. The van der Waals surface area contributed by atoms with Crippen LogP contribution in [0.5, 0.6) is 0 Å². The number of halogens is 1. The van der Waals surface area contributed by atoms with Gasteiger partial charge in [0.25, 0.3) is 0 Å². The van der Waals surface area contributed by atoms with E-state index in [4.69, 9.17) is 56.8 Å². The van der Waals surface area contributed by atoms with Crippen LogP contribution in [0.15, 0.2) is 82.5 Å². The van der Waals surface area contributed by atoms with Crippen LogP contribution in [-0.4, -0.2) is 181 Å². The average Bonchev–Trinajstić information content (AvgIpc) is 3.73. The fraction of sp³-hybridized carbons (Fsp3) is 0.648. The molecule has 0 saturated heterocycles. The zero-order valence-electron chi connectivity index (χ0n) is 42.3. The second-order valence-electron chi connectivity index (χ2n) is 16.6. The molecule has 2 unspecified atom stereocenters. The number of hydrogen-bond acceptors (Lipinski definition) is 12. The van der Waals surface area contributed by atoms with Crippen molar-refractivity contribution in [1.82, 2.24) is 0 Å². The van der Waals surface area contributed by atoms with E-state index in [9.17, 15) is 0 Å². The quantitative estimate of drug-likeness (QED) is 0.0210. The summed E-state index contributed by atoms with van der Waals surface area (Å²) in [5.41, 5.74) is 4.77. The number of allylic oxidation sites excluding steroid dienone is 6. The Morgan fingerprint density at radius 1 is 0.485 bits per heavy atom. The summed E-state index contributed by atoms with van der Waals surface area (Å²) < 4.78 is 74.9. The second kappa shape index (κ2) is 35.6. The van der Waals surface area contributed by atoms with Crippen LogP contribution >= 0.6 is 19.8 Å². The number of alkyl halides is 1. The maximum absolute atomic E-state index is 6.23. The molecule has 0 aromatic heterocycles. The Morgan fingerprint density at radius 3 is 1.53 bits per heavy atom. The van der Waals surface area contributed by atoms with E-state index in [1.807, 2.05) is 13.8 Å². The van der Waals surface area contributed by atoms with Gasteiger partial charge in [0.1, 0.15) is 0 Å². The van der Waals surface area contributed by atoms with Gasteiger partial charge in [0.2, 0.25) is 0 Å². The Hall–Kier alpha value is -2.42. The van der Waals surface area contributed by atoms with Crippen molar-refractivity contribution in [3.8, 4) is 0 Å². The number of para-hydroxylation sites is 1. The van der Waals surface area contributed by atoms with Gasteiger partial charge < -0.3 is 23.7 Å². The monoisotopic (exact) mass is 1070 g/mol. The fourth-order valence-corrected chi connectivity index (χ4v) is 15.9. The van der Waals surface area contributed by atoms with Gasteiger partial charge in [-0.2, -0.15) is 0 Å². The van der Waals surface area contributed by atoms with Gasteiger partial charge in [-0.1, -0.05) is 0 Å². The molecule has 2 aliphatic heterocycles. The molecule has 2 aromatic carbocycles. The van der Waals surface area contributed by atoms with Gasteiger partial charge >= 0.3 is 320 Å². The van der Waals surface area contributed by atoms with Crippen molar-refractivity contribution in [3.63, 3.8) is 0 Å². The van der Waals surface area contributed by atoms with Crippen LogP contribution in [0.4, 0.5) is 5.69 Å². The molecule has 384 valence electrons. The summed E-state index contributed by atoms with van der Waals surface area (Å²) in [6, 6.07) is 17.9. The van der Waals surface area contributed by atoms with Gasteiger partial charge in [-0.05, 0) is 6.92 Å². The molecule has 0 N–H and O–H groups in total. The average molecular weight is 1070 g/mol. The van der Waals surface area contributed by atoms with Crippen molar-refractivity contribution >= 4 is 31.2 Å². The first kappa shape index (κ1) is 58.2. The molecule has 2 atom stereocenters. The molecule has 13 nitrogen and oxygen atoms in total. The van der Waals surface area contributed by atoms with Gasteiger partial charge in [-0.25, -0.2) is 0 Å². The van der Waals surface area contributed by atoms with Crippen LogP contribution in [0.2, 0.25) is 0 Å². The summed E-state index contributed by atoms with van der Waals surface area (Å²) in [7, 11) is 3.34. The summed E-state index contributed by atoms with van der Waals surface area (Å²) in [5.74, 6) is 0. The van der Waals surface area contributed by atoms with Crippen LogP contribution < -0.4 is 0 Å². The molecule has 0 radical (unpaired) electrons. The molecule has 68 heavy (non-hydrogen) atoms. The Labute approximate surface area is 416 Å². The number of ether oxygens (including phenoxy) is 12. The van der Waals surface area contributed by atoms with Crippen LogP contribution in [0.25, 0.3) is 0 Å². The molecule has 0 spiro atoms. The predicted molar refractivity (Wildman–Crippen MR) is 278 cm³/mol. The third-order valence-electron chi connectivity index (χ3n) is 11.9. The van der Waals surface area contributed by atoms with Crippen LogP contribution in [0, 0.1) is 3.57 Å². The van der Waals surface area contributed by atoms with E-state index in [1.165, 1.54) is 22.5 Å². The summed E-state index contributed by atoms with van der Waals surface area (Å²) in [4.78, 5) is 0. The van der Waals surface area contributed by atoms with Crippen molar-refractivity contribution in [1.29, 1.82) is 0 Å². The zero-order valence-corrected chi connectivity index (χ0v) is 44.5. The predicted octanol–water partition coefficient (Wildman–Crippen LogP) is 8.36. The number of rotatable bonds is 42. The molecule has 4 rings (SSSR count). The first-order valence-electron chi connectivity index (χ1n) is 24.8. The van der Waals surface area contributed by atoms with Crippen molar-refractivity contribution in [2.45, 2.75) is 57.8 Å². The fourth-order valence-electron chi connectivity index (χ4n) is 8.28. The van der Waals surface area contributed by atoms with E-state index in [1.54, 1.807) is 21.4 Å². The minimum absolute atomic E-state index is 0.135. The topological polar surface area (TPSA) is 114 Å². The number of nitrogens with zero attached hydrogens (tertiary/aromatic N) is 1. The van der Waals surface area contributed by atoms with E-state index < -0.39 is 19.8 Å². The van der Waals surface area contributed by atoms with E-state index in [0.29, 0.717) is 139 Å². The van der Waals surface area contributed by atoms with Gasteiger partial charge in [0.05, 0.1) is 46.2 Å². The molecule has 0 fully saturated rings. The van der Waals surface area contributed by atoms with E-state index in [0.717, 1.165) is 36.8 Å². The van der Waals surface area contributed by atoms with Gasteiger partial charge in [-0.3, -0.25) is 0 Å². The first-order valence-corrected chi connectivity index (χ1v) is 28.4. The van der Waals surface area contributed by atoms with Crippen molar-refractivity contribution in [3.05, 3.63) is 97.2 Å². The first-order chi connectivity index (χ1) is 33.5. The van der Waals surface area contributed by atoms with Gasteiger partial charge in [0.15, 0.2) is 0 Å². The summed E-state index contributed by atoms with van der Waals surface area (Å²) >= 11 is -1.81. The van der Waals surface area contributed by atoms with Crippen LogP contribution in [0.3, 0.4) is 0 Å². The van der Waals surface area contributed by atoms with Gasteiger partial charge in [-0.15, -0.1) is 0 Å². The van der Waals surface area contributed by atoms with E-state index >= 15 is 0 Å². The standard InChI is InChI=1S/C54H85INO12/c1-7-59-35-37-61-27-16-25-55-49-19-14-12-17-47(49)53(3,23-28-62-39-41-67-45-43-65-33-31-57-5)51(55)21-10-9-11-22-52-54(4,24-29-63-40-42-68-46-44-66-34-32-58-6)48-18-13-15-20-50(48)56(52)26-30-64-38-36-60-8-2/h9-15,17-22H,7-8,16,23-46H2,1-6H3/q+1/b10-9+,22-11+,51-21+. The third kappa shape index (κ3) is 19.6. The molecule has 2 aromatic rings. The van der Waals surface area contributed by atoms with Gasteiger partial charge in [0, 0.05) is 20.8 Å². The third-order valence-corrected chi connectivity index (χ3v) is 19.1. The van der Waals surface area contributed by atoms with Crippen molar-refractivity contribution in [2.24, 2.45) is 0 Å². The summed E-state index contributed by atoms with van der Waals surface area (Å²) in [6.07, 6.45) is 14.1. The van der Waals surface area contributed by atoms with Crippen molar-refractivity contribution < 1.29 is 61.4 Å². The SMILES string of the molecule is CCOCCOCCCI1/C(=C/C=C/C=C/C2=[N+](CCOCCOCC)c3ccccc3C2(C)CCOCCOCCOCCOC)C(C)(CCOCCOCCOCCOC)c2ccccc21. The summed E-state index contributed by atoms with van der Waals surface area (Å²) in [6.45, 7) is 22.5. The maximum atomic E-state index is 6.23. The normalized spacial score (nSPS) is 19.1. The Balaban J connectivity index is 1.52.